The maximum absolute atomic E-state index is 13.2. The summed E-state index contributed by atoms with van der Waals surface area (Å²) in [6.07, 6.45) is 0. The molecule has 6 nitrogen and oxygen atoms in total. The molecule has 0 unspecified atom stereocenters. The smallest absolute Gasteiger partial charge is 0.337 e. The highest BCUT2D eigenvalue weighted by Crippen LogP contribution is 2.33. The normalized spacial score (nSPS) is 10.7. The molecule has 0 fully saturated rings. The molecule has 1 N–H and O–H groups in total. The van der Waals surface area contributed by atoms with E-state index in [2.05, 4.69) is 5.32 Å². The minimum Gasteiger partial charge on any atom is -0.488 e. The van der Waals surface area contributed by atoms with Crippen LogP contribution in [0.5, 0.6) is 5.75 Å². The topological polar surface area (TPSA) is 69.6 Å². The fourth-order valence-corrected chi connectivity index (χ4v) is 3.91. The molecule has 7 heteroatoms. The molecule has 1 amide bonds. The number of methoxy groups -OCH3 is 1. The van der Waals surface area contributed by atoms with Crippen molar-refractivity contribution >= 4 is 17.6 Å². The van der Waals surface area contributed by atoms with E-state index in [9.17, 15) is 14.0 Å². The van der Waals surface area contributed by atoms with E-state index in [1.165, 1.54) is 19.2 Å². The maximum atomic E-state index is 13.2. The second-order valence-corrected chi connectivity index (χ2v) is 8.48. The van der Waals surface area contributed by atoms with Crippen LogP contribution in [0.4, 0.5) is 10.1 Å². The molecule has 1 aromatic heterocycles. The zero-order valence-electron chi connectivity index (χ0n) is 20.4. The van der Waals surface area contributed by atoms with Crippen LogP contribution in [0.3, 0.4) is 0 Å². The molecule has 0 aliphatic heterocycles. The van der Waals surface area contributed by atoms with E-state index in [0.29, 0.717) is 17.0 Å². The van der Waals surface area contributed by atoms with Crippen LogP contribution in [0.25, 0.3) is 11.3 Å². The molecule has 0 saturated heterocycles. The summed E-state index contributed by atoms with van der Waals surface area (Å²) in [5.74, 6) is -0.338. The van der Waals surface area contributed by atoms with E-state index in [1.54, 1.807) is 36.4 Å². The number of ether oxygens (including phenoxy) is 2. The molecule has 0 spiro atoms. The minimum atomic E-state index is -0.470. The van der Waals surface area contributed by atoms with Gasteiger partial charge in [-0.2, -0.15) is 0 Å². The highest BCUT2D eigenvalue weighted by molar-refractivity contribution is 5.94. The molecule has 1 heterocycles. The predicted molar refractivity (Wildman–Crippen MR) is 136 cm³/mol. The Morgan fingerprint density at radius 3 is 2.47 bits per heavy atom. The first kappa shape index (κ1) is 24.7. The van der Waals surface area contributed by atoms with Gasteiger partial charge in [-0.15, -0.1) is 0 Å². The summed E-state index contributed by atoms with van der Waals surface area (Å²) >= 11 is 0. The van der Waals surface area contributed by atoms with Gasteiger partial charge in [0.1, 0.15) is 24.7 Å². The van der Waals surface area contributed by atoms with Gasteiger partial charge in [0.15, 0.2) is 0 Å². The average molecular weight is 487 g/mol. The van der Waals surface area contributed by atoms with E-state index in [4.69, 9.17) is 9.47 Å². The molecule has 0 radical (unpaired) electrons. The Morgan fingerprint density at radius 1 is 0.944 bits per heavy atom. The highest BCUT2D eigenvalue weighted by Gasteiger charge is 2.16. The lowest BCUT2D eigenvalue weighted by atomic mass is 10.1. The molecule has 4 rings (SSSR count). The predicted octanol–water partition coefficient (Wildman–Crippen LogP) is 5.92. The van der Waals surface area contributed by atoms with Crippen LogP contribution in [-0.4, -0.2) is 23.6 Å². The van der Waals surface area contributed by atoms with Crippen molar-refractivity contribution in [1.29, 1.82) is 0 Å². The van der Waals surface area contributed by atoms with Gasteiger partial charge in [-0.05, 0) is 74.0 Å². The first-order valence-electron chi connectivity index (χ1n) is 11.5. The lowest BCUT2D eigenvalue weighted by Crippen LogP contribution is -2.20. The minimum absolute atomic E-state index is 0.0714. The van der Waals surface area contributed by atoms with Crippen molar-refractivity contribution in [3.8, 4) is 17.0 Å². The standard InChI is InChI=1S/C29H27FN2O4/c1-19-7-14-27(36-18-21-9-11-23(30)12-10-21)25(15-19)26-13-8-20(2)32(26)17-28(33)31-24-6-4-5-22(16-24)29(34)35-3/h4-16H,17-18H2,1-3H3,(H,31,33). The Labute approximate surface area is 209 Å². The van der Waals surface area contributed by atoms with Crippen LogP contribution in [0.1, 0.15) is 27.2 Å². The van der Waals surface area contributed by atoms with Crippen LogP contribution in [-0.2, 0) is 22.7 Å². The number of nitrogens with zero attached hydrogens (tertiary/aromatic N) is 1. The Hall–Kier alpha value is -4.39. The van der Waals surface area contributed by atoms with Gasteiger partial charge < -0.3 is 19.4 Å². The van der Waals surface area contributed by atoms with Crippen molar-refractivity contribution in [2.24, 2.45) is 0 Å². The Balaban J connectivity index is 1.56. The van der Waals surface area contributed by atoms with Crippen molar-refractivity contribution in [1.82, 2.24) is 4.57 Å². The zero-order chi connectivity index (χ0) is 25.7. The summed E-state index contributed by atoms with van der Waals surface area (Å²) in [6, 6.07) is 22.6. The Bertz CT molecular complexity index is 1390. The van der Waals surface area contributed by atoms with Gasteiger partial charge >= 0.3 is 5.97 Å². The zero-order valence-corrected chi connectivity index (χ0v) is 20.4. The molecule has 0 atom stereocenters. The number of amides is 1. The van der Waals surface area contributed by atoms with E-state index >= 15 is 0 Å². The SMILES string of the molecule is COC(=O)c1cccc(NC(=O)Cn2c(C)ccc2-c2cc(C)ccc2OCc2ccc(F)cc2)c1. The summed E-state index contributed by atoms with van der Waals surface area (Å²) in [7, 11) is 1.31. The number of hydrogen-bond donors (Lipinski definition) is 1. The van der Waals surface area contributed by atoms with E-state index < -0.39 is 5.97 Å². The first-order chi connectivity index (χ1) is 17.3. The number of rotatable bonds is 8. The second kappa shape index (κ2) is 10.9. The molecular formula is C29H27FN2O4. The van der Waals surface area contributed by atoms with Crippen LogP contribution in [0, 0.1) is 19.7 Å². The van der Waals surface area contributed by atoms with Crippen molar-refractivity contribution in [2.45, 2.75) is 27.0 Å². The number of aryl methyl sites for hydroxylation is 2. The fraction of sp³-hybridized carbons (Fsp3) is 0.172. The highest BCUT2D eigenvalue weighted by atomic mass is 19.1. The maximum Gasteiger partial charge on any atom is 0.337 e. The molecule has 3 aromatic carbocycles. The quantitative estimate of drug-likeness (QED) is 0.314. The third-order valence-corrected chi connectivity index (χ3v) is 5.79. The van der Waals surface area contributed by atoms with Gasteiger partial charge in [-0.1, -0.05) is 29.8 Å². The number of carbonyl (C=O) groups is 2. The van der Waals surface area contributed by atoms with Crippen LogP contribution in [0.15, 0.2) is 78.9 Å². The largest absolute Gasteiger partial charge is 0.488 e. The molecule has 0 saturated carbocycles. The lowest BCUT2D eigenvalue weighted by molar-refractivity contribution is -0.116. The van der Waals surface area contributed by atoms with E-state index in [0.717, 1.165) is 28.1 Å². The number of anilines is 1. The molecule has 0 aliphatic carbocycles. The lowest BCUT2D eigenvalue weighted by Gasteiger charge is -2.16. The molecule has 184 valence electrons. The molecular weight excluding hydrogens is 459 g/mol. The van der Waals surface area contributed by atoms with Crippen LogP contribution >= 0.6 is 0 Å². The van der Waals surface area contributed by atoms with Gasteiger partial charge in [-0.3, -0.25) is 4.79 Å². The molecule has 0 bridgehead atoms. The van der Waals surface area contributed by atoms with Crippen LogP contribution < -0.4 is 10.1 Å². The van der Waals surface area contributed by atoms with E-state index in [-0.39, 0.29) is 24.9 Å². The van der Waals surface area contributed by atoms with Crippen LogP contribution in [0.2, 0.25) is 0 Å². The Kier molecular flexibility index (Phi) is 7.49. The van der Waals surface area contributed by atoms with Crippen molar-refractivity contribution < 1.29 is 23.5 Å². The monoisotopic (exact) mass is 486 g/mol. The van der Waals surface area contributed by atoms with Gasteiger partial charge in [-0.25, -0.2) is 9.18 Å². The first-order valence-corrected chi connectivity index (χ1v) is 11.5. The third kappa shape index (κ3) is 5.81. The molecule has 0 aliphatic rings. The summed E-state index contributed by atoms with van der Waals surface area (Å²) in [5, 5.41) is 2.85. The average Bonchev–Trinajstić information content (AvgIpc) is 3.23. The fourth-order valence-electron chi connectivity index (χ4n) is 3.91. The van der Waals surface area contributed by atoms with Gasteiger partial charge in [0, 0.05) is 16.9 Å². The number of hydrogen-bond acceptors (Lipinski definition) is 4. The summed E-state index contributed by atoms with van der Waals surface area (Å²) in [6.45, 7) is 4.28. The van der Waals surface area contributed by atoms with Crippen molar-refractivity contribution in [2.75, 3.05) is 12.4 Å². The van der Waals surface area contributed by atoms with Gasteiger partial charge in [0.05, 0.1) is 18.4 Å². The number of esters is 1. The van der Waals surface area contributed by atoms with Crippen molar-refractivity contribution in [3.63, 3.8) is 0 Å². The number of carbonyl (C=O) groups excluding carboxylic acids is 2. The van der Waals surface area contributed by atoms with Crippen molar-refractivity contribution in [3.05, 3.63) is 107 Å². The summed E-state index contributed by atoms with van der Waals surface area (Å²) < 4.78 is 26.0. The number of nitrogens with one attached hydrogen (secondary N) is 1. The molecule has 4 aromatic rings. The number of halogens is 1. The second-order valence-electron chi connectivity index (χ2n) is 8.48. The number of aromatic nitrogens is 1. The van der Waals surface area contributed by atoms with E-state index in [1.807, 2.05) is 48.7 Å². The summed E-state index contributed by atoms with van der Waals surface area (Å²) in [5.41, 5.74) is 5.37. The third-order valence-electron chi connectivity index (χ3n) is 5.79. The van der Waals surface area contributed by atoms with Gasteiger partial charge in [0.25, 0.3) is 0 Å². The Morgan fingerprint density at radius 2 is 1.72 bits per heavy atom. The van der Waals surface area contributed by atoms with Gasteiger partial charge in [0.2, 0.25) is 5.91 Å². The number of benzene rings is 3. The summed E-state index contributed by atoms with van der Waals surface area (Å²) in [4.78, 5) is 24.8. The molecule has 36 heavy (non-hydrogen) atoms.